The van der Waals surface area contributed by atoms with Crippen molar-refractivity contribution in [1.29, 1.82) is 0 Å². The van der Waals surface area contributed by atoms with E-state index in [2.05, 4.69) is 24.1 Å². The summed E-state index contributed by atoms with van der Waals surface area (Å²) >= 11 is 0. The molecule has 1 saturated carbocycles. The van der Waals surface area contributed by atoms with Crippen molar-refractivity contribution in [3.05, 3.63) is 0 Å². The lowest BCUT2D eigenvalue weighted by atomic mass is 9.64. The average Bonchev–Trinajstić information content (AvgIpc) is 3.00. The van der Waals surface area contributed by atoms with Crippen molar-refractivity contribution in [2.24, 2.45) is 17.3 Å². The molecule has 2 saturated heterocycles. The number of nitrogens with one attached hydrogen (secondary N) is 1. The van der Waals surface area contributed by atoms with Crippen molar-refractivity contribution < 1.29 is 0 Å². The van der Waals surface area contributed by atoms with Gasteiger partial charge in [-0.25, -0.2) is 0 Å². The Kier molecular flexibility index (Phi) is 3.68. The van der Waals surface area contributed by atoms with Gasteiger partial charge in [0.05, 0.1) is 0 Å². The number of rotatable bonds is 2. The van der Waals surface area contributed by atoms with Crippen LogP contribution in [0, 0.1) is 17.3 Å². The van der Waals surface area contributed by atoms with Crippen molar-refractivity contribution in [2.75, 3.05) is 26.2 Å². The van der Waals surface area contributed by atoms with Gasteiger partial charge in [0.2, 0.25) is 0 Å². The third-order valence-corrected chi connectivity index (χ3v) is 6.06. The zero-order valence-electron chi connectivity index (χ0n) is 12.3. The molecule has 2 unspecified atom stereocenters. The molecule has 0 bridgehead atoms. The summed E-state index contributed by atoms with van der Waals surface area (Å²) in [7, 11) is 0. The van der Waals surface area contributed by atoms with Gasteiger partial charge < -0.3 is 10.2 Å². The number of hydrogen-bond donors (Lipinski definition) is 1. The SMILES string of the molecule is CC(C)N1CCC2(CCNCC2C2CCCC2)C1. The fraction of sp³-hybridized carbons (Fsp3) is 1.00. The van der Waals surface area contributed by atoms with Crippen LogP contribution in [0.1, 0.15) is 52.4 Å². The highest BCUT2D eigenvalue weighted by atomic mass is 15.2. The Morgan fingerprint density at radius 2 is 1.94 bits per heavy atom. The van der Waals surface area contributed by atoms with Gasteiger partial charge in [-0.1, -0.05) is 25.7 Å². The second-order valence-corrected chi connectivity index (χ2v) is 7.28. The van der Waals surface area contributed by atoms with Gasteiger partial charge in [0, 0.05) is 12.6 Å². The Hall–Kier alpha value is -0.0800. The van der Waals surface area contributed by atoms with Crippen molar-refractivity contribution in [3.63, 3.8) is 0 Å². The molecule has 3 aliphatic rings. The van der Waals surface area contributed by atoms with Crippen LogP contribution in [0.25, 0.3) is 0 Å². The minimum atomic E-state index is 0.671. The predicted molar refractivity (Wildman–Crippen MR) is 76.7 cm³/mol. The summed E-state index contributed by atoms with van der Waals surface area (Å²) in [5, 5.41) is 3.69. The second-order valence-electron chi connectivity index (χ2n) is 7.28. The van der Waals surface area contributed by atoms with E-state index in [9.17, 15) is 0 Å². The Morgan fingerprint density at radius 3 is 2.61 bits per heavy atom. The molecule has 2 heterocycles. The van der Waals surface area contributed by atoms with E-state index in [1.54, 1.807) is 0 Å². The van der Waals surface area contributed by atoms with E-state index >= 15 is 0 Å². The molecule has 0 aromatic carbocycles. The molecule has 0 radical (unpaired) electrons. The molecule has 1 N–H and O–H groups in total. The maximum Gasteiger partial charge on any atom is 0.00449 e. The number of nitrogens with zero attached hydrogens (tertiary/aromatic N) is 1. The van der Waals surface area contributed by atoms with E-state index in [0.29, 0.717) is 5.41 Å². The molecule has 18 heavy (non-hydrogen) atoms. The van der Waals surface area contributed by atoms with Crippen LogP contribution < -0.4 is 5.32 Å². The summed E-state index contributed by atoms with van der Waals surface area (Å²) in [5.74, 6) is 2.00. The van der Waals surface area contributed by atoms with Gasteiger partial charge in [0.15, 0.2) is 0 Å². The van der Waals surface area contributed by atoms with Gasteiger partial charge in [-0.2, -0.15) is 0 Å². The molecule has 0 aromatic heterocycles. The van der Waals surface area contributed by atoms with E-state index in [-0.39, 0.29) is 0 Å². The van der Waals surface area contributed by atoms with Gasteiger partial charge in [-0.05, 0) is 63.6 Å². The molecule has 0 aromatic rings. The van der Waals surface area contributed by atoms with Crippen LogP contribution in [0.15, 0.2) is 0 Å². The minimum absolute atomic E-state index is 0.671. The van der Waals surface area contributed by atoms with Crippen molar-refractivity contribution in [1.82, 2.24) is 10.2 Å². The van der Waals surface area contributed by atoms with E-state index < -0.39 is 0 Å². The minimum Gasteiger partial charge on any atom is -0.316 e. The van der Waals surface area contributed by atoms with Gasteiger partial charge in [0.25, 0.3) is 0 Å². The van der Waals surface area contributed by atoms with Crippen LogP contribution in [-0.4, -0.2) is 37.1 Å². The predicted octanol–water partition coefficient (Wildman–Crippen LogP) is 2.89. The largest absolute Gasteiger partial charge is 0.316 e. The Morgan fingerprint density at radius 1 is 1.17 bits per heavy atom. The van der Waals surface area contributed by atoms with Crippen LogP contribution >= 0.6 is 0 Å². The summed E-state index contributed by atoms with van der Waals surface area (Å²) < 4.78 is 0. The third-order valence-electron chi connectivity index (χ3n) is 6.06. The Labute approximate surface area is 113 Å². The number of hydrogen-bond acceptors (Lipinski definition) is 2. The Balaban J connectivity index is 1.75. The first kappa shape index (κ1) is 12.9. The highest BCUT2D eigenvalue weighted by molar-refractivity contribution is 5.01. The molecule has 3 rings (SSSR count). The van der Waals surface area contributed by atoms with Crippen LogP contribution in [0.5, 0.6) is 0 Å². The summed E-state index contributed by atoms with van der Waals surface area (Å²) in [4.78, 5) is 2.73. The molecule has 2 heteroatoms. The lowest BCUT2D eigenvalue weighted by molar-refractivity contribution is 0.0634. The quantitative estimate of drug-likeness (QED) is 0.810. The summed E-state index contributed by atoms with van der Waals surface area (Å²) in [6, 6.07) is 0.739. The van der Waals surface area contributed by atoms with Gasteiger partial charge in [-0.3, -0.25) is 0 Å². The number of piperidine rings is 1. The lowest BCUT2D eigenvalue weighted by Gasteiger charge is -2.45. The number of likely N-dealkylation sites (tertiary alicyclic amines) is 1. The van der Waals surface area contributed by atoms with Gasteiger partial charge >= 0.3 is 0 Å². The van der Waals surface area contributed by atoms with E-state index in [0.717, 1.165) is 17.9 Å². The van der Waals surface area contributed by atoms with Crippen LogP contribution in [0.2, 0.25) is 0 Å². The highest BCUT2D eigenvalue weighted by Crippen LogP contribution is 2.49. The standard InChI is InChI=1S/C16H30N2/c1-13(2)18-10-8-16(12-18)7-9-17-11-15(16)14-5-3-4-6-14/h13-15,17H,3-12H2,1-2H3. The van der Waals surface area contributed by atoms with E-state index in [1.807, 2.05) is 0 Å². The normalized spacial score (nSPS) is 39.2. The fourth-order valence-electron chi connectivity index (χ4n) is 4.90. The smallest absolute Gasteiger partial charge is 0.00449 e. The average molecular weight is 250 g/mol. The molecular formula is C16H30N2. The first-order chi connectivity index (χ1) is 8.71. The van der Waals surface area contributed by atoms with Crippen molar-refractivity contribution in [3.8, 4) is 0 Å². The zero-order chi connectivity index (χ0) is 12.6. The van der Waals surface area contributed by atoms with Crippen molar-refractivity contribution in [2.45, 2.75) is 58.4 Å². The van der Waals surface area contributed by atoms with Crippen LogP contribution in [0.4, 0.5) is 0 Å². The maximum atomic E-state index is 3.69. The van der Waals surface area contributed by atoms with E-state index in [4.69, 9.17) is 0 Å². The molecule has 2 aliphatic heterocycles. The first-order valence-corrected chi connectivity index (χ1v) is 8.16. The summed E-state index contributed by atoms with van der Waals surface area (Å²) in [6.07, 6.45) is 8.90. The van der Waals surface area contributed by atoms with Gasteiger partial charge in [-0.15, -0.1) is 0 Å². The topological polar surface area (TPSA) is 15.3 Å². The first-order valence-electron chi connectivity index (χ1n) is 8.16. The molecule has 0 amide bonds. The molecule has 2 nitrogen and oxygen atoms in total. The van der Waals surface area contributed by atoms with E-state index in [1.165, 1.54) is 64.7 Å². The Bertz CT molecular complexity index is 283. The molecule has 1 spiro atoms. The molecule has 104 valence electrons. The van der Waals surface area contributed by atoms with Gasteiger partial charge in [0.1, 0.15) is 0 Å². The molecule has 2 atom stereocenters. The summed E-state index contributed by atoms with van der Waals surface area (Å²) in [5.41, 5.74) is 0.671. The summed E-state index contributed by atoms with van der Waals surface area (Å²) in [6.45, 7) is 10.0. The zero-order valence-corrected chi connectivity index (χ0v) is 12.3. The monoisotopic (exact) mass is 250 g/mol. The van der Waals surface area contributed by atoms with Crippen LogP contribution in [0.3, 0.4) is 0 Å². The lowest BCUT2D eigenvalue weighted by Crippen LogP contribution is -2.49. The molecule has 1 aliphatic carbocycles. The highest BCUT2D eigenvalue weighted by Gasteiger charge is 2.48. The maximum absolute atomic E-state index is 3.69. The van der Waals surface area contributed by atoms with Crippen LogP contribution in [-0.2, 0) is 0 Å². The molecule has 3 fully saturated rings. The second kappa shape index (κ2) is 5.13. The fourth-order valence-corrected chi connectivity index (χ4v) is 4.90. The third kappa shape index (κ3) is 2.22. The van der Waals surface area contributed by atoms with Crippen molar-refractivity contribution >= 4 is 0 Å². The molecular weight excluding hydrogens is 220 g/mol.